The summed E-state index contributed by atoms with van der Waals surface area (Å²) in [5, 5.41) is 7.78. The second-order valence-corrected chi connectivity index (χ2v) is 11.7. The van der Waals surface area contributed by atoms with Gasteiger partial charge in [0.05, 0.1) is 29.1 Å². The normalized spacial score (nSPS) is 23.5. The predicted molar refractivity (Wildman–Crippen MR) is 135 cm³/mol. The molecule has 0 spiro atoms. The minimum Gasteiger partial charge on any atom is -0.338 e. The van der Waals surface area contributed by atoms with Crippen LogP contribution in [-0.4, -0.2) is 63.2 Å². The van der Waals surface area contributed by atoms with Gasteiger partial charge in [-0.15, -0.1) is 0 Å². The van der Waals surface area contributed by atoms with Gasteiger partial charge in [-0.2, -0.15) is 18.3 Å². The molecule has 4 fully saturated rings. The van der Waals surface area contributed by atoms with E-state index in [1.165, 1.54) is 12.1 Å². The molecule has 0 radical (unpaired) electrons. The Hall–Kier alpha value is -3.04. The van der Waals surface area contributed by atoms with Crippen molar-refractivity contribution in [3.63, 3.8) is 0 Å². The number of piperidine rings is 1. The summed E-state index contributed by atoms with van der Waals surface area (Å²) in [6, 6.07) is 5.81. The number of hydrogen-bond donors (Lipinski definition) is 1. The van der Waals surface area contributed by atoms with Gasteiger partial charge >= 0.3 is 12.2 Å². The molecule has 2 saturated carbocycles. The zero-order chi connectivity index (χ0) is 26.7. The van der Waals surface area contributed by atoms with Crippen molar-refractivity contribution in [1.82, 2.24) is 24.9 Å². The maximum Gasteiger partial charge on any atom is 0.416 e. The maximum absolute atomic E-state index is 13.6. The SMILES string of the molecule is CC1(NC(=O)N2CCC(n3ncc(C(=O)N4CCC(c5ccccc5C(F)(F)F)C4)c3C3CC3)CC2)CC1. The molecular weight excluding hydrogens is 495 g/mol. The van der Waals surface area contributed by atoms with Gasteiger partial charge < -0.3 is 15.1 Å². The summed E-state index contributed by atoms with van der Waals surface area (Å²) < 4.78 is 42.7. The first kappa shape index (κ1) is 25.2. The molecular formula is C28H34F3N5O2. The molecule has 1 N–H and O–H groups in total. The second kappa shape index (κ2) is 9.31. The first-order chi connectivity index (χ1) is 18.1. The van der Waals surface area contributed by atoms with Crippen LogP contribution in [0.1, 0.15) is 96.9 Å². The second-order valence-electron chi connectivity index (χ2n) is 11.7. The van der Waals surface area contributed by atoms with Gasteiger partial charge in [0.25, 0.3) is 5.91 Å². The quantitative estimate of drug-likeness (QED) is 0.571. The number of nitrogens with zero attached hydrogens (tertiary/aromatic N) is 4. The lowest BCUT2D eigenvalue weighted by Crippen LogP contribution is -2.48. The number of amides is 3. The number of hydrogen-bond acceptors (Lipinski definition) is 3. The van der Waals surface area contributed by atoms with Crippen molar-refractivity contribution < 1.29 is 22.8 Å². The van der Waals surface area contributed by atoms with E-state index in [1.807, 2.05) is 9.58 Å². The summed E-state index contributed by atoms with van der Waals surface area (Å²) in [6.07, 6.45) is 3.36. The number of likely N-dealkylation sites (tertiary alicyclic amines) is 2. The summed E-state index contributed by atoms with van der Waals surface area (Å²) in [5.41, 5.74) is 1.15. The Kier molecular flexibility index (Phi) is 6.18. The van der Waals surface area contributed by atoms with E-state index in [-0.39, 0.29) is 47.5 Å². The minimum absolute atomic E-state index is 0.00196. The largest absolute Gasteiger partial charge is 0.416 e. The van der Waals surface area contributed by atoms with Crippen LogP contribution in [-0.2, 0) is 6.18 Å². The average molecular weight is 530 g/mol. The number of benzene rings is 1. The van der Waals surface area contributed by atoms with E-state index in [9.17, 15) is 22.8 Å². The summed E-state index contributed by atoms with van der Waals surface area (Å²) >= 11 is 0. The molecule has 10 heteroatoms. The van der Waals surface area contributed by atoms with E-state index in [0.29, 0.717) is 31.6 Å². The van der Waals surface area contributed by atoms with Gasteiger partial charge in [-0.1, -0.05) is 18.2 Å². The third-order valence-corrected chi connectivity index (χ3v) is 8.72. The van der Waals surface area contributed by atoms with Crippen molar-refractivity contribution in [2.24, 2.45) is 0 Å². The van der Waals surface area contributed by atoms with Crippen molar-refractivity contribution >= 4 is 11.9 Å². The van der Waals surface area contributed by atoms with E-state index in [0.717, 1.165) is 50.3 Å². The number of aromatic nitrogens is 2. The zero-order valence-electron chi connectivity index (χ0n) is 21.6. The monoisotopic (exact) mass is 529 g/mol. The molecule has 1 aromatic carbocycles. The number of carbonyl (C=O) groups excluding carboxylic acids is 2. The Bertz CT molecular complexity index is 1230. The van der Waals surface area contributed by atoms with Crippen LogP contribution >= 0.6 is 0 Å². The first-order valence-electron chi connectivity index (χ1n) is 13.7. The van der Waals surface area contributed by atoms with Crippen molar-refractivity contribution in [1.29, 1.82) is 0 Å². The van der Waals surface area contributed by atoms with Gasteiger partial charge in [-0.05, 0) is 63.5 Å². The molecule has 6 rings (SSSR count). The molecule has 1 atom stereocenters. The highest BCUT2D eigenvalue weighted by Gasteiger charge is 2.42. The number of carbonyl (C=O) groups is 2. The molecule has 1 unspecified atom stereocenters. The predicted octanol–water partition coefficient (Wildman–Crippen LogP) is 5.31. The van der Waals surface area contributed by atoms with Gasteiger partial charge in [-0.3, -0.25) is 9.48 Å². The molecule has 3 heterocycles. The average Bonchev–Trinajstić information content (AvgIpc) is 3.77. The zero-order valence-corrected chi connectivity index (χ0v) is 21.6. The Morgan fingerprint density at radius 2 is 1.66 bits per heavy atom. The lowest BCUT2D eigenvalue weighted by Gasteiger charge is -2.33. The minimum atomic E-state index is -4.42. The molecule has 7 nitrogen and oxygen atoms in total. The van der Waals surface area contributed by atoms with E-state index in [1.54, 1.807) is 17.2 Å². The van der Waals surface area contributed by atoms with Gasteiger partial charge in [0.2, 0.25) is 0 Å². The smallest absolute Gasteiger partial charge is 0.338 e. The fourth-order valence-corrected chi connectivity index (χ4v) is 6.03. The van der Waals surface area contributed by atoms with E-state index in [4.69, 9.17) is 0 Å². The van der Waals surface area contributed by atoms with Crippen molar-refractivity contribution in [2.75, 3.05) is 26.2 Å². The van der Waals surface area contributed by atoms with Crippen LogP contribution < -0.4 is 5.32 Å². The topological polar surface area (TPSA) is 70.5 Å². The summed E-state index contributed by atoms with van der Waals surface area (Å²) in [4.78, 5) is 29.8. The summed E-state index contributed by atoms with van der Waals surface area (Å²) in [7, 11) is 0. The van der Waals surface area contributed by atoms with Gasteiger partial charge in [0, 0.05) is 43.6 Å². The molecule has 4 aliphatic rings. The van der Waals surface area contributed by atoms with Crippen LogP contribution in [0.3, 0.4) is 0 Å². The molecule has 2 aromatic rings. The maximum atomic E-state index is 13.6. The number of halogens is 3. The lowest BCUT2D eigenvalue weighted by atomic mass is 9.93. The Balaban J connectivity index is 1.15. The van der Waals surface area contributed by atoms with Crippen LogP contribution in [0.15, 0.2) is 30.5 Å². The standard InChI is InChI=1S/C28H34F3N5O2/c1-27(11-12-27)33-26(38)34-14-9-20(10-15-34)36-24(18-6-7-18)22(16-32-36)25(37)35-13-8-19(17-35)21-4-2-3-5-23(21)28(29,30)31/h2-5,16,18-20H,6-15,17H2,1H3,(H,33,38). The number of alkyl halides is 3. The molecule has 2 aliphatic carbocycles. The van der Waals surface area contributed by atoms with Crippen LogP contribution in [0.5, 0.6) is 0 Å². The highest BCUT2D eigenvalue weighted by atomic mass is 19.4. The summed E-state index contributed by atoms with van der Waals surface area (Å²) in [6.45, 7) is 4.06. The number of urea groups is 1. The molecule has 38 heavy (non-hydrogen) atoms. The molecule has 2 aliphatic heterocycles. The van der Waals surface area contributed by atoms with Crippen molar-refractivity contribution in [3.05, 3.63) is 52.8 Å². The van der Waals surface area contributed by atoms with Gasteiger partial charge in [-0.25, -0.2) is 4.79 Å². The highest BCUT2D eigenvalue weighted by Crippen LogP contribution is 2.44. The third kappa shape index (κ3) is 4.89. The number of rotatable bonds is 5. The van der Waals surface area contributed by atoms with Crippen LogP contribution in [0, 0.1) is 0 Å². The Morgan fingerprint density at radius 3 is 2.32 bits per heavy atom. The highest BCUT2D eigenvalue weighted by molar-refractivity contribution is 5.95. The Labute approximate surface area is 220 Å². The molecule has 3 amide bonds. The van der Waals surface area contributed by atoms with Gasteiger partial charge in [0.1, 0.15) is 0 Å². The van der Waals surface area contributed by atoms with E-state index < -0.39 is 11.7 Å². The molecule has 2 saturated heterocycles. The van der Waals surface area contributed by atoms with Crippen molar-refractivity contribution in [2.45, 2.75) is 81.5 Å². The molecule has 1 aromatic heterocycles. The van der Waals surface area contributed by atoms with Crippen molar-refractivity contribution in [3.8, 4) is 0 Å². The molecule has 204 valence electrons. The summed E-state index contributed by atoms with van der Waals surface area (Å²) in [5.74, 6) is -0.193. The van der Waals surface area contributed by atoms with Crippen LogP contribution in [0.25, 0.3) is 0 Å². The van der Waals surface area contributed by atoms with E-state index in [2.05, 4.69) is 17.3 Å². The fourth-order valence-electron chi connectivity index (χ4n) is 6.03. The third-order valence-electron chi connectivity index (χ3n) is 8.72. The Morgan fingerprint density at radius 1 is 0.974 bits per heavy atom. The lowest BCUT2D eigenvalue weighted by molar-refractivity contribution is -0.138. The van der Waals surface area contributed by atoms with Gasteiger partial charge in [0.15, 0.2) is 0 Å². The molecule has 0 bridgehead atoms. The fraction of sp³-hybridized carbons (Fsp3) is 0.607. The number of nitrogens with one attached hydrogen (secondary N) is 1. The van der Waals surface area contributed by atoms with Crippen LogP contribution in [0.4, 0.5) is 18.0 Å². The first-order valence-corrected chi connectivity index (χ1v) is 13.7. The van der Waals surface area contributed by atoms with Crippen LogP contribution in [0.2, 0.25) is 0 Å². The van der Waals surface area contributed by atoms with E-state index >= 15 is 0 Å².